The number of fused-ring (bicyclic) bond motifs is 2. The zero-order valence-electron chi connectivity index (χ0n) is 12.6. The summed E-state index contributed by atoms with van der Waals surface area (Å²) in [4.78, 5) is 20.8. The van der Waals surface area contributed by atoms with Gasteiger partial charge in [0.1, 0.15) is 11.9 Å². The lowest BCUT2D eigenvalue weighted by molar-refractivity contribution is -0.0881. The maximum absolute atomic E-state index is 12.5. The highest BCUT2D eigenvalue weighted by atomic mass is 32.1. The number of furan rings is 1. The van der Waals surface area contributed by atoms with E-state index in [1.165, 1.54) is 11.3 Å². The molecule has 1 unspecified atom stereocenters. The second kappa shape index (κ2) is 4.82. The predicted molar refractivity (Wildman–Crippen MR) is 85.5 cm³/mol. The number of aromatic nitrogens is 1. The SMILES string of the molecule is O=C1OC2(CN3CCC2CC3)CN1c1coc(-c2nccs2)c1. The summed E-state index contributed by atoms with van der Waals surface area (Å²) in [5.74, 6) is 1.17. The number of carbonyl (C=O) groups is 1. The van der Waals surface area contributed by atoms with Crippen molar-refractivity contribution in [1.29, 1.82) is 0 Å². The lowest BCUT2D eigenvalue weighted by atomic mass is 9.75. The van der Waals surface area contributed by atoms with Crippen LogP contribution in [0.15, 0.2) is 28.3 Å². The molecule has 6 nitrogen and oxygen atoms in total. The number of piperidine rings is 3. The number of ether oxygens (including phenoxy) is 1. The van der Waals surface area contributed by atoms with Gasteiger partial charge in [-0.1, -0.05) is 0 Å². The van der Waals surface area contributed by atoms with Crippen molar-refractivity contribution in [2.75, 3.05) is 31.1 Å². The third-order valence-electron chi connectivity index (χ3n) is 5.30. The molecule has 6 heterocycles. The van der Waals surface area contributed by atoms with Crippen LogP contribution < -0.4 is 4.90 Å². The van der Waals surface area contributed by atoms with Crippen LogP contribution in [0.25, 0.3) is 10.8 Å². The topological polar surface area (TPSA) is 58.8 Å². The molecule has 2 aromatic heterocycles. The molecule has 0 aliphatic carbocycles. The average Bonchev–Trinajstić information content (AvgIpc) is 3.28. The van der Waals surface area contributed by atoms with Gasteiger partial charge in [-0.2, -0.15) is 0 Å². The number of amides is 1. The fourth-order valence-electron chi connectivity index (χ4n) is 4.13. The van der Waals surface area contributed by atoms with E-state index in [9.17, 15) is 4.79 Å². The number of thiazole rings is 1. The first-order valence-corrected chi connectivity index (χ1v) is 8.83. The van der Waals surface area contributed by atoms with Crippen LogP contribution in [0.1, 0.15) is 12.8 Å². The van der Waals surface area contributed by atoms with Gasteiger partial charge >= 0.3 is 6.09 Å². The van der Waals surface area contributed by atoms with Gasteiger partial charge in [-0.15, -0.1) is 11.3 Å². The molecule has 0 aromatic carbocycles. The number of carbonyl (C=O) groups excluding carboxylic acids is 1. The van der Waals surface area contributed by atoms with Crippen LogP contribution in [0, 0.1) is 5.92 Å². The monoisotopic (exact) mass is 331 g/mol. The van der Waals surface area contributed by atoms with Crippen LogP contribution in [0.4, 0.5) is 10.5 Å². The van der Waals surface area contributed by atoms with E-state index in [1.54, 1.807) is 17.4 Å². The minimum atomic E-state index is -0.341. The zero-order chi connectivity index (χ0) is 15.4. The Balaban J connectivity index is 1.43. The van der Waals surface area contributed by atoms with E-state index in [2.05, 4.69) is 9.88 Å². The minimum Gasteiger partial charge on any atom is -0.460 e. The highest BCUT2D eigenvalue weighted by molar-refractivity contribution is 7.13. The first kappa shape index (κ1) is 13.6. The lowest BCUT2D eigenvalue weighted by Gasteiger charge is -2.49. The first-order valence-electron chi connectivity index (χ1n) is 7.95. The van der Waals surface area contributed by atoms with E-state index < -0.39 is 0 Å². The van der Waals surface area contributed by atoms with Gasteiger partial charge in [0.25, 0.3) is 0 Å². The van der Waals surface area contributed by atoms with Crippen molar-refractivity contribution in [3.8, 4) is 10.8 Å². The van der Waals surface area contributed by atoms with Gasteiger partial charge in [0.2, 0.25) is 0 Å². The van der Waals surface area contributed by atoms with Crippen LogP contribution in [0.3, 0.4) is 0 Å². The summed E-state index contributed by atoms with van der Waals surface area (Å²) in [6.07, 6.45) is 5.35. The molecule has 4 fully saturated rings. The van der Waals surface area contributed by atoms with Crippen LogP contribution in [-0.4, -0.2) is 47.8 Å². The molecule has 7 heteroatoms. The number of nitrogens with zero attached hydrogens (tertiary/aromatic N) is 3. The van der Waals surface area contributed by atoms with Gasteiger partial charge in [0.15, 0.2) is 10.8 Å². The molecule has 4 aliphatic heterocycles. The molecule has 2 aromatic rings. The van der Waals surface area contributed by atoms with E-state index in [0.29, 0.717) is 18.2 Å². The van der Waals surface area contributed by atoms with Gasteiger partial charge < -0.3 is 9.15 Å². The highest BCUT2D eigenvalue weighted by Crippen LogP contribution is 2.43. The fraction of sp³-hybridized carbons (Fsp3) is 0.500. The summed E-state index contributed by atoms with van der Waals surface area (Å²) in [5.41, 5.74) is 0.417. The van der Waals surface area contributed by atoms with Gasteiger partial charge in [-0.25, -0.2) is 9.78 Å². The number of hydrogen-bond donors (Lipinski definition) is 0. The minimum absolute atomic E-state index is 0.259. The Kier molecular flexibility index (Phi) is 2.84. The Bertz CT molecular complexity index is 736. The molecule has 0 saturated carbocycles. The summed E-state index contributed by atoms with van der Waals surface area (Å²) in [5, 5.41) is 2.73. The highest BCUT2D eigenvalue weighted by Gasteiger charge is 2.55. The van der Waals surface area contributed by atoms with E-state index in [4.69, 9.17) is 9.15 Å². The Labute approximate surface area is 137 Å². The molecule has 1 spiro atoms. The van der Waals surface area contributed by atoms with E-state index in [-0.39, 0.29) is 11.7 Å². The fourth-order valence-corrected chi connectivity index (χ4v) is 4.73. The molecule has 2 bridgehead atoms. The van der Waals surface area contributed by atoms with Gasteiger partial charge in [0.05, 0.1) is 12.2 Å². The number of hydrogen-bond acceptors (Lipinski definition) is 6. The maximum Gasteiger partial charge on any atom is 0.415 e. The van der Waals surface area contributed by atoms with Crippen LogP contribution in [0.5, 0.6) is 0 Å². The summed E-state index contributed by atoms with van der Waals surface area (Å²) in [6, 6.07) is 1.88. The molecule has 120 valence electrons. The summed E-state index contributed by atoms with van der Waals surface area (Å²) >= 11 is 1.52. The molecular formula is C16H17N3O3S. The smallest absolute Gasteiger partial charge is 0.415 e. The molecule has 1 atom stereocenters. The van der Waals surface area contributed by atoms with Crippen molar-refractivity contribution in [2.24, 2.45) is 5.92 Å². The zero-order valence-corrected chi connectivity index (χ0v) is 13.4. The third-order valence-corrected chi connectivity index (χ3v) is 6.09. The Hall–Kier alpha value is -1.86. The van der Waals surface area contributed by atoms with Gasteiger partial charge in [0, 0.05) is 30.1 Å². The standard InChI is InChI=1S/C16H17N3O3S/c20-15-19(12-7-13(21-8-12)14-17-3-6-23-14)10-16(22-15)9-18-4-1-11(16)2-5-18/h3,6-8,11H,1-2,4-5,9-10H2. The molecule has 4 saturated heterocycles. The van der Waals surface area contributed by atoms with Crippen molar-refractivity contribution >= 4 is 23.1 Å². The quantitative estimate of drug-likeness (QED) is 0.847. The van der Waals surface area contributed by atoms with E-state index in [0.717, 1.165) is 43.2 Å². The van der Waals surface area contributed by atoms with Gasteiger partial charge in [-0.05, 0) is 25.9 Å². The second-order valence-corrected chi connectivity index (χ2v) is 7.47. The Morgan fingerprint density at radius 1 is 1.30 bits per heavy atom. The number of rotatable bonds is 2. The lowest BCUT2D eigenvalue weighted by Crippen LogP contribution is -2.61. The van der Waals surface area contributed by atoms with E-state index >= 15 is 0 Å². The summed E-state index contributed by atoms with van der Waals surface area (Å²) < 4.78 is 11.5. The molecule has 6 rings (SSSR count). The van der Waals surface area contributed by atoms with Crippen LogP contribution in [-0.2, 0) is 4.74 Å². The largest absolute Gasteiger partial charge is 0.460 e. The Morgan fingerprint density at radius 2 is 2.17 bits per heavy atom. The number of anilines is 1. The summed E-state index contributed by atoms with van der Waals surface area (Å²) in [7, 11) is 0. The molecule has 23 heavy (non-hydrogen) atoms. The van der Waals surface area contributed by atoms with Crippen LogP contribution in [0.2, 0.25) is 0 Å². The molecule has 4 aliphatic rings. The van der Waals surface area contributed by atoms with E-state index in [1.807, 2.05) is 11.4 Å². The maximum atomic E-state index is 12.5. The predicted octanol–water partition coefficient (Wildman–Crippen LogP) is 2.82. The molecule has 0 N–H and O–H groups in total. The summed E-state index contributed by atoms with van der Waals surface area (Å²) in [6.45, 7) is 3.73. The average molecular weight is 331 g/mol. The normalized spacial score (nSPS) is 32.7. The Morgan fingerprint density at radius 3 is 2.87 bits per heavy atom. The van der Waals surface area contributed by atoms with Crippen molar-refractivity contribution in [3.63, 3.8) is 0 Å². The van der Waals surface area contributed by atoms with Crippen molar-refractivity contribution in [3.05, 3.63) is 23.9 Å². The second-order valence-electron chi connectivity index (χ2n) is 6.58. The van der Waals surface area contributed by atoms with Crippen molar-refractivity contribution in [2.45, 2.75) is 18.4 Å². The molecule has 1 amide bonds. The van der Waals surface area contributed by atoms with Crippen molar-refractivity contribution in [1.82, 2.24) is 9.88 Å². The van der Waals surface area contributed by atoms with Crippen LogP contribution >= 0.6 is 11.3 Å². The molecular weight excluding hydrogens is 314 g/mol. The first-order chi connectivity index (χ1) is 11.2. The van der Waals surface area contributed by atoms with Crippen molar-refractivity contribution < 1.29 is 13.9 Å². The molecule has 0 radical (unpaired) electrons. The third kappa shape index (κ3) is 2.03. The van der Waals surface area contributed by atoms with Gasteiger partial charge in [-0.3, -0.25) is 9.80 Å².